The van der Waals surface area contributed by atoms with E-state index < -0.39 is 15.1 Å². The smallest absolute Gasteiger partial charge is 0.308 e. The highest BCUT2D eigenvalue weighted by atomic mass is 28.4. The molecule has 0 aromatic rings. The summed E-state index contributed by atoms with van der Waals surface area (Å²) >= 11 is 0. The zero-order chi connectivity index (χ0) is 16.9. The predicted molar refractivity (Wildman–Crippen MR) is 91.1 cm³/mol. The summed E-state index contributed by atoms with van der Waals surface area (Å²) in [7, 11) is -1.83. The second-order valence-corrected chi connectivity index (χ2v) is 13.0. The van der Waals surface area contributed by atoms with E-state index in [4.69, 9.17) is 9.53 Å². The van der Waals surface area contributed by atoms with Gasteiger partial charge in [-0.25, -0.2) is 0 Å². The second-order valence-electron chi connectivity index (χ2n) is 7.59. The van der Waals surface area contributed by atoms with E-state index >= 15 is 0 Å². The maximum Gasteiger partial charge on any atom is 0.308 e. The van der Waals surface area contributed by atoms with E-state index in [-0.39, 0.29) is 12.1 Å². The molecule has 0 aromatic heterocycles. The van der Waals surface area contributed by atoms with Gasteiger partial charge in [0.25, 0.3) is 0 Å². The van der Waals surface area contributed by atoms with Gasteiger partial charge in [0.15, 0.2) is 6.79 Å². The number of aliphatic hydroxyl groups is 1. The number of aliphatic hydroxyl groups excluding tert-OH is 1. The number of esters is 1. The van der Waals surface area contributed by atoms with Crippen LogP contribution < -0.4 is 0 Å². The van der Waals surface area contributed by atoms with Crippen LogP contribution in [0.25, 0.3) is 0 Å². The van der Waals surface area contributed by atoms with Crippen LogP contribution in [0.3, 0.4) is 0 Å². The molecule has 0 aromatic carbocycles. The molecule has 0 spiro atoms. The fraction of sp³-hybridized carbons (Fsp3) is 0.941. The third kappa shape index (κ3) is 4.55. The van der Waals surface area contributed by atoms with E-state index in [0.717, 1.165) is 19.3 Å². The van der Waals surface area contributed by atoms with E-state index in [9.17, 15) is 4.79 Å². The summed E-state index contributed by atoms with van der Waals surface area (Å²) in [4.78, 5) is 11.5. The number of ether oxygens (including phenoxy) is 1. The van der Waals surface area contributed by atoms with E-state index in [1.807, 2.05) is 0 Å². The number of carbonyl (C=O) groups is 1. The van der Waals surface area contributed by atoms with Gasteiger partial charge < -0.3 is 14.3 Å². The SMILES string of the molecule is CC(C)[Si](OC1CCC(CC(=O)OCO)C1)(C(C)C)C(C)C. The van der Waals surface area contributed by atoms with Gasteiger partial charge >= 0.3 is 5.97 Å². The van der Waals surface area contributed by atoms with Crippen LogP contribution in [0.1, 0.15) is 67.2 Å². The molecule has 130 valence electrons. The van der Waals surface area contributed by atoms with Crippen LogP contribution in [0.4, 0.5) is 0 Å². The second kappa shape index (κ2) is 8.46. The number of rotatable bonds is 8. The minimum absolute atomic E-state index is 0.283. The van der Waals surface area contributed by atoms with Crippen LogP contribution in [0, 0.1) is 5.92 Å². The van der Waals surface area contributed by atoms with Crippen molar-refractivity contribution in [3.8, 4) is 0 Å². The van der Waals surface area contributed by atoms with Gasteiger partial charge in [0, 0.05) is 12.5 Å². The molecule has 0 aliphatic heterocycles. The first-order valence-corrected chi connectivity index (χ1v) is 10.8. The van der Waals surface area contributed by atoms with Crippen molar-refractivity contribution in [3.05, 3.63) is 0 Å². The highest BCUT2D eigenvalue weighted by molar-refractivity contribution is 6.77. The lowest BCUT2D eigenvalue weighted by molar-refractivity contribution is -0.152. The molecule has 1 saturated carbocycles. The minimum Gasteiger partial charge on any atom is -0.439 e. The van der Waals surface area contributed by atoms with Crippen LogP contribution in [0.5, 0.6) is 0 Å². The molecule has 0 radical (unpaired) electrons. The molecule has 1 N–H and O–H groups in total. The van der Waals surface area contributed by atoms with Crippen LogP contribution >= 0.6 is 0 Å². The normalized spacial score (nSPS) is 22.8. The Balaban J connectivity index is 2.67. The van der Waals surface area contributed by atoms with E-state index in [1.165, 1.54) is 0 Å². The molecule has 1 aliphatic carbocycles. The Morgan fingerprint density at radius 3 is 2.09 bits per heavy atom. The summed E-state index contributed by atoms with van der Waals surface area (Å²) in [6.07, 6.45) is 3.69. The molecule has 0 heterocycles. The fourth-order valence-electron chi connectivity index (χ4n) is 4.39. The van der Waals surface area contributed by atoms with Crippen LogP contribution in [-0.2, 0) is 14.0 Å². The Kier molecular flexibility index (Phi) is 7.55. The maximum absolute atomic E-state index is 11.5. The van der Waals surface area contributed by atoms with Crippen molar-refractivity contribution in [2.75, 3.05) is 6.79 Å². The van der Waals surface area contributed by atoms with Crippen molar-refractivity contribution >= 4 is 14.3 Å². The van der Waals surface area contributed by atoms with Crippen molar-refractivity contribution in [1.82, 2.24) is 0 Å². The molecule has 4 nitrogen and oxygen atoms in total. The quantitative estimate of drug-likeness (QED) is 0.411. The van der Waals surface area contributed by atoms with Crippen molar-refractivity contribution in [3.63, 3.8) is 0 Å². The number of hydrogen-bond acceptors (Lipinski definition) is 4. The van der Waals surface area contributed by atoms with Crippen molar-refractivity contribution in [1.29, 1.82) is 0 Å². The van der Waals surface area contributed by atoms with Gasteiger partial charge in [-0.15, -0.1) is 0 Å². The lowest BCUT2D eigenvalue weighted by Crippen LogP contribution is -2.49. The Bertz CT molecular complexity index is 333. The van der Waals surface area contributed by atoms with Crippen molar-refractivity contribution in [2.45, 2.75) is 90.0 Å². The molecular weight excluding hydrogens is 296 g/mol. The third-order valence-electron chi connectivity index (χ3n) is 5.25. The minimum atomic E-state index is -1.83. The molecule has 2 unspecified atom stereocenters. The van der Waals surface area contributed by atoms with Crippen LogP contribution in [0.15, 0.2) is 0 Å². The molecule has 0 bridgehead atoms. The van der Waals surface area contributed by atoms with Gasteiger partial charge in [-0.3, -0.25) is 4.79 Å². The van der Waals surface area contributed by atoms with Crippen molar-refractivity contribution in [2.24, 2.45) is 5.92 Å². The van der Waals surface area contributed by atoms with Crippen LogP contribution in [0.2, 0.25) is 16.6 Å². The van der Waals surface area contributed by atoms with Crippen molar-refractivity contribution < 1.29 is 19.1 Å². The van der Waals surface area contributed by atoms with Gasteiger partial charge in [0.1, 0.15) is 0 Å². The molecule has 1 rings (SSSR count). The van der Waals surface area contributed by atoms with Gasteiger partial charge in [0.05, 0.1) is 0 Å². The largest absolute Gasteiger partial charge is 0.439 e. The predicted octanol–water partition coefficient (Wildman–Crippen LogP) is 4.23. The first kappa shape index (κ1) is 19.7. The summed E-state index contributed by atoms with van der Waals surface area (Å²) in [6, 6.07) is 0. The maximum atomic E-state index is 11.5. The summed E-state index contributed by atoms with van der Waals surface area (Å²) in [5.74, 6) is 0.0375. The van der Waals surface area contributed by atoms with Gasteiger partial charge in [-0.1, -0.05) is 41.5 Å². The highest BCUT2D eigenvalue weighted by Crippen LogP contribution is 2.45. The van der Waals surface area contributed by atoms with E-state index in [1.54, 1.807) is 0 Å². The summed E-state index contributed by atoms with van der Waals surface area (Å²) in [5, 5.41) is 8.64. The summed E-state index contributed by atoms with van der Waals surface area (Å²) in [6.45, 7) is 13.3. The lowest BCUT2D eigenvalue weighted by Gasteiger charge is -2.44. The first-order valence-electron chi connectivity index (χ1n) is 8.68. The Labute approximate surface area is 136 Å². The topological polar surface area (TPSA) is 55.8 Å². The van der Waals surface area contributed by atoms with E-state index in [0.29, 0.717) is 29.0 Å². The first-order chi connectivity index (χ1) is 10.2. The monoisotopic (exact) mass is 330 g/mol. The molecule has 5 heteroatoms. The number of carbonyl (C=O) groups excluding carboxylic acids is 1. The lowest BCUT2D eigenvalue weighted by atomic mass is 10.0. The number of hydrogen-bond donors (Lipinski definition) is 1. The van der Waals surface area contributed by atoms with Gasteiger partial charge in [0.2, 0.25) is 8.32 Å². The highest BCUT2D eigenvalue weighted by Gasteiger charge is 2.47. The summed E-state index contributed by atoms with van der Waals surface area (Å²) < 4.78 is 11.4. The molecular formula is C17H34O4Si. The zero-order valence-electron chi connectivity index (χ0n) is 15.1. The average molecular weight is 331 g/mol. The molecule has 2 atom stereocenters. The standard InChI is InChI=1S/C17H34O4Si/c1-12(2)22(13(3)4,14(5)6)21-16-8-7-15(9-16)10-17(19)20-11-18/h12-16,18H,7-11H2,1-6H3. The Morgan fingerprint density at radius 1 is 1.09 bits per heavy atom. The Morgan fingerprint density at radius 2 is 1.64 bits per heavy atom. The average Bonchev–Trinajstić information content (AvgIpc) is 2.82. The summed E-state index contributed by atoms with van der Waals surface area (Å²) in [5.41, 5.74) is 1.77. The molecule has 1 fully saturated rings. The van der Waals surface area contributed by atoms with Gasteiger partial charge in [-0.2, -0.15) is 0 Å². The zero-order valence-corrected chi connectivity index (χ0v) is 16.1. The molecule has 1 aliphatic rings. The fourth-order valence-corrected chi connectivity index (χ4v) is 9.99. The Hall–Kier alpha value is -0.393. The molecule has 0 saturated heterocycles. The van der Waals surface area contributed by atoms with E-state index in [2.05, 4.69) is 46.3 Å². The third-order valence-corrected chi connectivity index (χ3v) is 11.4. The van der Waals surface area contributed by atoms with Crippen LogP contribution in [-0.4, -0.2) is 32.3 Å². The van der Waals surface area contributed by atoms with Gasteiger partial charge in [-0.05, 0) is 41.8 Å². The molecule has 0 amide bonds. The molecule has 22 heavy (non-hydrogen) atoms.